The Labute approximate surface area is 169 Å². The van der Waals surface area contributed by atoms with Crippen molar-refractivity contribution in [2.75, 3.05) is 7.11 Å². The fraction of sp³-hybridized carbons (Fsp3) is 0.130. The number of halogens is 3. The molecule has 0 aliphatic carbocycles. The lowest BCUT2D eigenvalue weighted by atomic mass is 9.97. The average molecular weight is 411 g/mol. The van der Waals surface area contributed by atoms with Crippen LogP contribution in [0.15, 0.2) is 60.8 Å². The molecular formula is C23H16F3NO3. The van der Waals surface area contributed by atoms with E-state index >= 15 is 0 Å². The number of methoxy groups -OCH3 is 1. The molecule has 0 fully saturated rings. The minimum Gasteiger partial charge on any atom is -0.465 e. The number of fused-ring (bicyclic) bond motifs is 3. The third-order valence-corrected chi connectivity index (χ3v) is 4.99. The molecule has 0 saturated heterocycles. The maximum Gasteiger partial charge on any atom is 0.432 e. The van der Waals surface area contributed by atoms with Crippen LogP contribution in [-0.4, -0.2) is 23.3 Å². The van der Waals surface area contributed by atoms with Gasteiger partial charge in [0.2, 0.25) is 0 Å². The Morgan fingerprint density at radius 2 is 1.67 bits per heavy atom. The van der Waals surface area contributed by atoms with Crippen LogP contribution in [0.2, 0.25) is 0 Å². The molecule has 0 radical (unpaired) electrons. The highest BCUT2D eigenvalue weighted by molar-refractivity contribution is 6.22. The Morgan fingerprint density at radius 3 is 2.30 bits per heavy atom. The van der Waals surface area contributed by atoms with E-state index in [0.717, 1.165) is 17.1 Å². The van der Waals surface area contributed by atoms with Crippen LogP contribution >= 0.6 is 0 Å². The zero-order valence-corrected chi connectivity index (χ0v) is 16.1. The van der Waals surface area contributed by atoms with Gasteiger partial charge in [-0.3, -0.25) is 4.79 Å². The fourth-order valence-electron chi connectivity index (χ4n) is 3.73. The molecule has 7 heteroatoms. The van der Waals surface area contributed by atoms with Crippen molar-refractivity contribution in [1.82, 2.24) is 4.40 Å². The van der Waals surface area contributed by atoms with E-state index in [1.165, 1.54) is 24.4 Å². The van der Waals surface area contributed by atoms with Gasteiger partial charge in [-0.05, 0) is 18.4 Å². The molecule has 0 bridgehead atoms. The Hall–Kier alpha value is -3.61. The van der Waals surface area contributed by atoms with Gasteiger partial charge in [-0.1, -0.05) is 54.1 Å². The monoisotopic (exact) mass is 411 g/mol. The second-order valence-corrected chi connectivity index (χ2v) is 6.91. The molecule has 4 aromatic rings. The predicted octanol–water partition coefficient (Wildman–Crippen LogP) is 5.44. The molecule has 0 aliphatic heterocycles. The largest absolute Gasteiger partial charge is 0.465 e. The summed E-state index contributed by atoms with van der Waals surface area (Å²) in [5.41, 5.74) is -1.23. The summed E-state index contributed by atoms with van der Waals surface area (Å²) in [5, 5.41) is 1.09. The Bertz CT molecular complexity index is 1300. The van der Waals surface area contributed by atoms with Gasteiger partial charge in [-0.15, -0.1) is 0 Å². The summed E-state index contributed by atoms with van der Waals surface area (Å²) in [5.74, 6) is -1.90. The molecule has 2 aromatic heterocycles. The summed E-state index contributed by atoms with van der Waals surface area (Å²) >= 11 is 0. The van der Waals surface area contributed by atoms with E-state index in [9.17, 15) is 22.8 Å². The van der Waals surface area contributed by atoms with Crippen LogP contribution in [0.3, 0.4) is 0 Å². The third-order valence-electron chi connectivity index (χ3n) is 4.99. The lowest BCUT2D eigenvalue weighted by Gasteiger charge is -2.10. The zero-order valence-electron chi connectivity index (χ0n) is 16.1. The maximum atomic E-state index is 14.1. The lowest BCUT2D eigenvalue weighted by Crippen LogP contribution is -2.17. The van der Waals surface area contributed by atoms with Crippen LogP contribution in [0.25, 0.3) is 16.3 Å². The number of ether oxygens (including phenoxy) is 1. The van der Waals surface area contributed by atoms with Gasteiger partial charge in [0.05, 0.1) is 18.2 Å². The van der Waals surface area contributed by atoms with Crippen molar-refractivity contribution in [3.05, 3.63) is 88.7 Å². The van der Waals surface area contributed by atoms with E-state index in [-0.39, 0.29) is 16.6 Å². The minimum absolute atomic E-state index is 0.0223. The Kier molecular flexibility index (Phi) is 4.61. The third kappa shape index (κ3) is 3.03. The normalized spacial score (nSPS) is 11.8. The van der Waals surface area contributed by atoms with Crippen LogP contribution < -0.4 is 0 Å². The highest BCUT2D eigenvalue weighted by Crippen LogP contribution is 2.40. The second-order valence-electron chi connectivity index (χ2n) is 6.91. The van der Waals surface area contributed by atoms with Gasteiger partial charge in [0, 0.05) is 17.1 Å². The number of carbonyl (C=O) groups excluding carboxylic acids is 2. The van der Waals surface area contributed by atoms with Gasteiger partial charge in [0.25, 0.3) is 0 Å². The summed E-state index contributed by atoms with van der Waals surface area (Å²) in [7, 11) is 0.989. The van der Waals surface area contributed by atoms with Crippen molar-refractivity contribution >= 4 is 28.0 Å². The number of hydrogen-bond acceptors (Lipinski definition) is 3. The molecule has 0 unspecified atom stereocenters. The van der Waals surface area contributed by atoms with Crippen LogP contribution in [0.4, 0.5) is 13.2 Å². The first-order valence-corrected chi connectivity index (χ1v) is 9.06. The van der Waals surface area contributed by atoms with Crippen molar-refractivity contribution in [2.45, 2.75) is 13.1 Å². The van der Waals surface area contributed by atoms with Gasteiger partial charge < -0.3 is 9.14 Å². The molecule has 0 spiro atoms. The molecule has 2 heterocycles. The van der Waals surface area contributed by atoms with Crippen molar-refractivity contribution in [1.29, 1.82) is 0 Å². The lowest BCUT2D eigenvalue weighted by molar-refractivity contribution is -0.142. The van der Waals surface area contributed by atoms with Gasteiger partial charge >= 0.3 is 12.1 Å². The number of esters is 1. The summed E-state index contributed by atoms with van der Waals surface area (Å²) in [6.45, 7) is 1.86. The van der Waals surface area contributed by atoms with Crippen LogP contribution in [-0.2, 0) is 10.9 Å². The van der Waals surface area contributed by atoms with E-state index in [1.54, 1.807) is 30.3 Å². The molecule has 30 heavy (non-hydrogen) atoms. The van der Waals surface area contributed by atoms with Crippen molar-refractivity contribution in [3.63, 3.8) is 0 Å². The van der Waals surface area contributed by atoms with E-state index < -0.39 is 29.2 Å². The van der Waals surface area contributed by atoms with Crippen molar-refractivity contribution < 1.29 is 27.5 Å². The first-order chi connectivity index (χ1) is 14.2. The number of nitrogens with zero attached hydrogens (tertiary/aromatic N) is 1. The summed E-state index contributed by atoms with van der Waals surface area (Å²) in [6.07, 6.45) is -3.66. The van der Waals surface area contributed by atoms with E-state index in [2.05, 4.69) is 4.74 Å². The first-order valence-electron chi connectivity index (χ1n) is 9.06. The summed E-state index contributed by atoms with van der Waals surface area (Å²) in [6, 6.07) is 14.6. The Morgan fingerprint density at radius 1 is 0.967 bits per heavy atom. The van der Waals surface area contributed by atoms with E-state index in [4.69, 9.17) is 0 Å². The molecular weight excluding hydrogens is 395 g/mol. The van der Waals surface area contributed by atoms with Crippen molar-refractivity contribution in [2.24, 2.45) is 0 Å². The SMILES string of the molecule is COC(=O)c1c(C(=O)c2ccccc2)c2c3ccc(C)cc3ccn2c1C(F)(F)F. The van der Waals surface area contributed by atoms with Gasteiger partial charge in [0.15, 0.2) is 5.78 Å². The quantitative estimate of drug-likeness (QED) is 0.333. The molecule has 0 amide bonds. The maximum absolute atomic E-state index is 14.1. The van der Waals surface area contributed by atoms with E-state index in [1.807, 2.05) is 13.0 Å². The molecule has 0 atom stereocenters. The number of hydrogen-bond donors (Lipinski definition) is 0. The molecule has 0 N–H and O–H groups in total. The molecule has 2 aromatic carbocycles. The highest BCUT2D eigenvalue weighted by atomic mass is 19.4. The van der Waals surface area contributed by atoms with Crippen LogP contribution in [0, 0.1) is 6.92 Å². The van der Waals surface area contributed by atoms with Gasteiger partial charge in [-0.25, -0.2) is 4.79 Å². The second kappa shape index (κ2) is 7.02. The standard InChI is InChI=1S/C23H16F3NO3/c1-13-8-9-16-15(12-13)10-11-27-19(16)17(20(28)14-6-4-3-5-7-14)18(22(29)30-2)21(27)23(24,25)26/h3-12H,1-2H3. The Balaban J connectivity index is 2.24. The van der Waals surface area contributed by atoms with Gasteiger partial charge in [-0.2, -0.15) is 13.2 Å². The molecule has 0 aliphatic rings. The number of alkyl halides is 3. The molecule has 4 rings (SSSR count). The minimum atomic E-state index is -4.89. The first kappa shape index (κ1) is 19.7. The number of aryl methyl sites for hydroxylation is 1. The molecule has 0 saturated carbocycles. The predicted molar refractivity (Wildman–Crippen MR) is 106 cm³/mol. The molecule has 152 valence electrons. The number of rotatable bonds is 3. The van der Waals surface area contributed by atoms with Crippen LogP contribution in [0.1, 0.15) is 37.5 Å². The number of aromatic nitrogens is 1. The number of pyridine rings is 1. The number of carbonyl (C=O) groups is 2. The van der Waals surface area contributed by atoms with Crippen molar-refractivity contribution in [3.8, 4) is 0 Å². The van der Waals surface area contributed by atoms with Crippen LogP contribution in [0.5, 0.6) is 0 Å². The number of benzene rings is 2. The van der Waals surface area contributed by atoms with E-state index in [0.29, 0.717) is 10.8 Å². The van der Waals surface area contributed by atoms with Gasteiger partial charge in [0.1, 0.15) is 11.3 Å². The highest BCUT2D eigenvalue weighted by Gasteiger charge is 2.43. The zero-order chi connectivity index (χ0) is 21.6. The number of ketones is 1. The smallest absolute Gasteiger partial charge is 0.432 e. The fourth-order valence-corrected chi connectivity index (χ4v) is 3.73. The molecule has 4 nitrogen and oxygen atoms in total. The topological polar surface area (TPSA) is 47.8 Å². The summed E-state index contributed by atoms with van der Waals surface area (Å²) < 4.78 is 47.8. The average Bonchev–Trinajstić information content (AvgIpc) is 3.09. The summed E-state index contributed by atoms with van der Waals surface area (Å²) in [4.78, 5) is 25.9.